The molecule has 0 unspecified atom stereocenters. The van der Waals surface area contributed by atoms with Gasteiger partial charge in [-0.05, 0) is 6.07 Å². The van der Waals surface area contributed by atoms with Gasteiger partial charge in [-0.3, -0.25) is 14.9 Å². The van der Waals surface area contributed by atoms with Crippen LogP contribution in [0.15, 0.2) is 23.1 Å². The minimum absolute atomic E-state index is 0.277. The Kier molecular flexibility index (Phi) is 3.16. The highest BCUT2D eigenvalue weighted by Crippen LogP contribution is 2.34. The number of fused-ring (bicyclic) bond motifs is 1. The molecule has 0 fully saturated rings. The van der Waals surface area contributed by atoms with E-state index in [2.05, 4.69) is 4.98 Å². The lowest BCUT2D eigenvalue weighted by Crippen LogP contribution is -2.17. The van der Waals surface area contributed by atoms with Crippen LogP contribution < -0.4 is 5.43 Å². The molecule has 0 spiro atoms. The summed E-state index contributed by atoms with van der Waals surface area (Å²) in [5.41, 5.74) is -4.88. The van der Waals surface area contributed by atoms with Gasteiger partial charge in [0.1, 0.15) is 11.1 Å². The number of rotatable bonds is 2. The number of hydrogen-bond donors (Lipinski definition) is 2. The number of aromatic carboxylic acids is 1. The van der Waals surface area contributed by atoms with Crippen molar-refractivity contribution in [3.63, 3.8) is 0 Å². The fourth-order valence-corrected chi connectivity index (χ4v) is 1.78. The van der Waals surface area contributed by atoms with Gasteiger partial charge in [-0.1, -0.05) is 0 Å². The molecule has 1 aromatic heterocycles. The molecule has 0 aliphatic carbocycles. The zero-order valence-corrected chi connectivity index (χ0v) is 9.89. The Hall–Kier alpha value is -2.91. The molecule has 0 saturated heterocycles. The maximum absolute atomic E-state index is 12.7. The van der Waals surface area contributed by atoms with Crippen molar-refractivity contribution in [3.05, 3.63) is 49.8 Å². The first kappa shape index (κ1) is 14.5. The first-order valence-electron chi connectivity index (χ1n) is 5.27. The number of nitrogens with one attached hydrogen (secondary N) is 1. The molecule has 1 aromatic carbocycles. The van der Waals surface area contributed by atoms with Crippen LogP contribution in [0, 0.1) is 10.1 Å². The molecule has 2 N–H and O–H groups in total. The predicted octanol–water partition coefficient (Wildman–Crippen LogP) is 2.15. The molecule has 0 bridgehead atoms. The van der Waals surface area contributed by atoms with Gasteiger partial charge in [-0.15, -0.1) is 0 Å². The van der Waals surface area contributed by atoms with Crippen LogP contribution in [-0.2, 0) is 6.18 Å². The minimum Gasteiger partial charge on any atom is -0.477 e. The van der Waals surface area contributed by atoms with Crippen molar-refractivity contribution in [2.45, 2.75) is 6.18 Å². The Morgan fingerprint density at radius 3 is 2.43 bits per heavy atom. The minimum atomic E-state index is -4.91. The number of nitro benzene ring substituents is 1. The van der Waals surface area contributed by atoms with E-state index in [4.69, 9.17) is 5.11 Å². The Bertz CT molecular complexity index is 825. The number of nitrogens with zero attached hydrogens (tertiary/aromatic N) is 1. The van der Waals surface area contributed by atoms with Gasteiger partial charge in [-0.2, -0.15) is 13.2 Å². The van der Waals surface area contributed by atoms with E-state index in [1.54, 1.807) is 0 Å². The van der Waals surface area contributed by atoms with Gasteiger partial charge in [0, 0.05) is 12.3 Å². The molecule has 7 nitrogen and oxygen atoms in total. The third-order valence-electron chi connectivity index (χ3n) is 2.72. The zero-order chi connectivity index (χ0) is 15.9. The summed E-state index contributed by atoms with van der Waals surface area (Å²) in [7, 11) is 0. The largest absolute Gasteiger partial charge is 0.477 e. The van der Waals surface area contributed by atoms with Crippen LogP contribution in [0.1, 0.15) is 15.9 Å². The van der Waals surface area contributed by atoms with Crippen LogP contribution >= 0.6 is 0 Å². The van der Waals surface area contributed by atoms with Crippen LogP contribution in [0.4, 0.5) is 18.9 Å². The van der Waals surface area contributed by atoms with Gasteiger partial charge < -0.3 is 10.1 Å². The highest BCUT2D eigenvalue weighted by Gasteiger charge is 2.34. The molecular weight excluding hydrogens is 297 g/mol. The monoisotopic (exact) mass is 302 g/mol. The van der Waals surface area contributed by atoms with Gasteiger partial charge >= 0.3 is 12.1 Å². The molecule has 0 aliphatic heterocycles. The summed E-state index contributed by atoms with van der Waals surface area (Å²) in [5.74, 6) is -1.65. The maximum atomic E-state index is 12.7. The zero-order valence-electron chi connectivity index (χ0n) is 9.89. The normalized spacial score (nSPS) is 11.6. The van der Waals surface area contributed by atoms with Gasteiger partial charge in [0.15, 0.2) is 0 Å². The molecule has 10 heteroatoms. The number of hydrogen-bond acceptors (Lipinski definition) is 4. The van der Waals surface area contributed by atoms with E-state index in [9.17, 15) is 32.9 Å². The maximum Gasteiger partial charge on any atom is 0.416 e. The molecule has 0 aliphatic rings. The summed E-state index contributed by atoms with van der Waals surface area (Å²) in [5, 5.41) is 18.9. The van der Waals surface area contributed by atoms with Crippen LogP contribution in [0.25, 0.3) is 10.9 Å². The fourth-order valence-electron chi connectivity index (χ4n) is 1.78. The summed E-state index contributed by atoms with van der Waals surface area (Å²) < 4.78 is 38.1. The summed E-state index contributed by atoms with van der Waals surface area (Å²) in [4.78, 5) is 34.5. The lowest BCUT2D eigenvalue weighted by Gasteiger charge is -2.08. The van der Waals surface area contributed by atoms with E-state index in [0.717, 1.165) is 0 Å². The number of benzene rings is 1. The highest BCUT2D eigenvalue weighted by atomic mass is 19.4. The van der Waals surface area contributed by atoms with E-state index in [1.807, 2.05) is 0 Å². The number of carbonyl (C=O) groups is 1. The van der Waals surface area contributed by atoms with Crippen LogP contribution in [0.3, 0.4) is 0 Å². The summed E-state index contributed by atoms with van der Waals surface area (Å²) >= 11 is 0. The van der Waals surface area contributed by atoms with Gasteiger partial charge in [-0.25, -0.2) is 4.79 Å². The van der Waals surface area contributed by atoms with E-state index < -0.39 is 50.2 Å². The van der Waals surface area contributed by atoms with Crippen molar-refractivity contribution < 1.29 is 28.0 Å². The topological polar surface area (TPSA) is 113 Å². The number of nitro groups is 1. The van der Waals surface area contributed by atoms with Crippen molar-refractivity contribution in [2.24, 2.45) is 0 Å². The Morgan fingerprint density at radius 2 is 1.95 bits per heavy atom. The second kappa shape index (κ2) is 4.58. The Labute approximate surface area is 112 Å². The van der Waals surface area contributed by atoms with E-state index in [1.165, 1.54) is 0 Å². The molecule has 2 rings (SSSR count). The van der Waals surface area contributed by atoms with Crippen molar-refractivity contribution in [1.29, 1.82) is 0 Å². The van der Waals surface area contributed by atoms with Crippen LogP contribution in [-0.4, -0.2) is 21.0 Å². The van der Waals surface area contributed by atoms with Gasteiger partial charge in [0.05, 0.1) is 15.9 Å². The Morgan fingerprint density at radius 1 is 1.33 bits per heavy atom. The number of H-pyrrole nitrogens is 1. The molecule has 0 saturated carbocycles. The molecular formula is C11H5F3N2O5. The number of aromatic nitrogens is 1. The van der Waals surface area contributed by atoms with Gasteiger partial charge in [0.25, 0.3) is 5.69 Å². The number of alkyl halides is 3. The average molecular weight is 302 g/mol. The molecule has 21 heavy (non-hydrogen) atoms. The van der Waals surface area contributed by atoms with E-state index >= 15 is 0 Å². The second-order valence-corrected chi connectivity index (χ2v) is 4.01. The number of carboxylic acid groups (broad SMARTS) is 1. The Balaban J connectivity index is 2.97. The van der Waals surface area contributed by atoms with Gasteiger partial charge in [0.2, 0.25) is 5.43 Å². The standard InChI is InChI=1S/C11H5F3N2O5/c12-11(13,14)4-1-5-8(7(2-4)16(20)21)15-3-6(9(5)17)10(18)19/h1-3H,(H,15,17)(H,18,19). The third-order valence-corrected chi connectivity index (χ3v) is 2.72. The number of halogens is 3. The molecule has 1 heterocycles. The van der Waals surface area contributed by atoms with Crippen molar-refractivity contribution in [1.82, 2.24) is 4.98 Å². The summed E-state index contributed by atoms with van der Waals surface area (Å²) in [6, 6.07) is 0.659. The highest BCUT2D eigenvalue weighted by molar-refractivity contribution is 5.95. The molecule has 2 aromatic rings. The van der Waals surface area contributed by atoms with E-state index in [0.29, 0.717) is 12.3 Å². The molecule has 0 amide bonds. The lowest BCUT2D eigenvalue weighted by atomic mass is 10.1. The summed E-state index contributed by atoms with van der Waals surface area (Å²) in [6.45, 7) is 0. The SMILES string of the molecule is O=C(O)c1c[nH]c2c([N+](=O)[O-])cc(C(F)(F)F)cc2c1=O. The predicted molar refractivity (Wildman–Crippen MR) is 63.2 cm³/mol. The van der Waals surface area contributed by atoms with Crippen LogP contribution in [0.2, 0.25) is 0 Å². The van der Waals surface area contributed by atoms with Crippen molar-refractivity contribution in [3.8, 4) is 0 Å². The average Bonchev–Trinajstić information content (AvgIpc) is 2.36. The van der Waals surface area contributed by atoms with Crippen molar-refractivity contribution in [2.75, 3.05) is 0 Å². The molecule has 0 radical (unpaired) electrons. The number of non-ortho nitro benzene ring substituents is 1. The number of aromatic amines is 1. The number of carboxylic acids is 1. The summed E-state index contributed by atoms with van der Waals surface area (Å²) in [6.07, 6.45) is -4.21. The third kappa shape index (κ3) is 2.42. The van der Waals surface area contributed by atoms with Crippen LogP contribution in [0.5, 0.6) is 0 Å². The molecule has 110 valence electrons. The first-order chi connectivity index (χ1) is 9.62. The smallest absolute Gasteiger partial charge is 0.416 e. The van der Waals surface area contributed by atoms with Crippen molar-refractivity contribution >= 4 is 22.6 Å². The lowest BCUT2D eigenvalue weighted by molar-refractivity contribution is -0.383. The fraction of sp³-hybridized carbons (Fsp3) is 0.0909. The molecule has 0 atom stereocenters. The van der Waals surface area contributed by atoms with E-state index in [-0.39, 0.29) is 6.07 Å². The quantitative estimate of drug-likeness (QED) is 0.651. The first-order valence-corrected chi connectivity index (χ1v) is 5.27. The number of pyridine rings is 1. The second-order valence-electron chi connectivity index (χ2n) is 4.01.